The van der Waals surface area contributed by atoms with Crippen molar-refractivity contribution in [2.24, 2.45) is 0 Å². The van der Waals surface area contributed by atoms with Gasteiger partial charge in [0.05, 0.1) is 0 Å². The monoisotopic (exact) mass is 274 g/mol. The molecule has 0 saturated heterocycles. The predicted molar refractivity (Wildman–Crippen MR) is 81.2 cm³/mol. The number of nitrogens with zero attached hydrogens (tertiary/aromatic N) is 3. The summed E-state index contributed by atoms with van der Waals surface area (Å²) in [5.41, 5.74) is 6.84. The van der Waals surface area contributed by atoms with Crippen LogP contribution in [0.2, 0.25) is 0 Å². The van der Waals surface area contributed by atoms with Crippen molar-refractivity contribution in [2.45, 2.75) is 5.03 Å². The van der Waals surface area contributed by atoms with Crippen LogP contribution in [0.5, 0.6) is 0 Å². The van der Waals surface area contributed by atoms with Crippen LogP contribution in [0.15, 0.2) is 41.4 Å². The number of hydrogen-bond donors (Lipinski definition) is 1. The smallest absolute Gasteiger partial charge is 0.162 e. The molecule has 1 heterocycles. The van der Waals surface area contributed by atoms with Crippen LogP contribution in [0.4, 0.5) is 5.82 Å². The van der Waals surface area contributed by atoms with Crippen LogP contribution < -0.4 is 5.73 Å². The Bertz CT molecular complexity index is 528. The van der Waals surface area contributed by atoms with Gasteiger partial charge in [0.15, 0.2) is 5.82 Å². The second kappa shape index (κ2) is 6.54. The van der Waals surface area contributed by atoms with Gasteiger partial charge in [-0.3, -0.25) is 0 Å². The molecule has 1 aromatic carbocycles. The van der Waals surface area contributed by atoms with Crippen molar-refractivity contribution in [1.82, 2.24) is 14.9 Å². The van der Waals surface area contributed by atoms with Crippen molar-refractivity contribution >= 4 is 17.6 Å². The van der Waals surface area contributed by atoms with Gasteiger partial charge >= 0.3 is 0 Å². The molecule has 0 unspecified atom stereocenters. The van der Waals surface area contributed by atoms with Gasteiger partial charge < -0.3 is 10.6 Å². The first-order chi connectivity index (χ1) is 9.15. The van der Waals surface area contributed by atoms with Crippen molar-refractivity contribution in [3.05, 3.63) is 36.4 Å². The molecule has 0 atom stereocenters. The van der Waals surface area contributed by atoms with Crippen molar-refractivity contribution in [3.8, 4) is 11.4 Å². The Balaban J connectivity index is 2.16. The average Bonchev–Trinajstić information content (AvgIpc) is 2.39. The number of benzene rings is 1. The first kappa shape index (κ1) is 13.8. The number of aromatic nitrogens is 2. The lowest BCUT2D eigenvalue weighted by molar-refractivity contribution is 0.437. The summed E-state index contributed by atoms with van der Waals surface area (Å²) in [5.74, 6) is 2.19. The fraction of sp³-hybridized carbons (Fsp3) is 0.286. The zero-order valence-corrected chi connectivity index (χ0v) is 12.0. The highest BCUT2D eigenvalue weighted by atomic mass is 32.2. The van der Waals surface area contributed by atoms with Crippen molar-refractivity contribution in [2.75, 3.05) is 32.1 Å². The maximum Gasteiger partial charge on any atom is 0.162 e. The highest BCUT2D eigenvalue weighted by molar-refractivity contribution is 7.99. The van der Waals surface area contributed by atoms with Crippen molar-refractivity contribution < 1.29 is 0 Å². The molecule has 2 aromatic rings. The molecule has 0 aliphatic rings. The van der Waals surface area contributed by atoms with E-state index in [4.69, 9.17) is 5.73 Å². The molecule has 100 valence electrons. The molecule has 19 heavy (non-hydrogen) atoms. The second-order valence-electron chi connectivity index (χ2n) is 4.47. The molecular formula is C14H18N4S. The summed E-state index contributed by atoms with van der Waals surface area (Å²) in [6.07, 6.45) is 0. The van der Waals surface area contributed by atoms with E-state index in [2.05, 4.69) is 29.0 Å². The Morgan fingerprint density at radius 2 is 1.89 bits per heavy atom. The zero-order chi connectivity index (χ0) is 13.7. The largest absolute Gasteiger partial charge is 0.384 e. The van der Waals surface area contributed by atoms with E-state index in [1.54, 1.807) is 11.8 Å². The Morgan fingerprint density at radius 1 is 1.16 bits per heavy atom. The van der Waals surface area contributed by atoms with Crippen LogP contribution in [-0.2, 0) is 0 Å². The summed E-state index contributed by atoms with van der Waals surface area (Å²) in [6.45, 7) is 1.01. The van der Waals surface area contributed by atoms with Gasteiger partial charge in [-0.2, -0.15) is 0 Å². The van der Waals surface area contributed by atoms with Crippen molar-refractivity contribution in [3.63, 3.8) is 0 Å². The van der Waals surface area contributed by atoms with Crippen LogP contribution in [0.25, 0.3) is 11.4 Å². The normalized spacial score (nSPS) is 10.9. The summed E-state index contributed by atoms with van der Waals surface area (Å²) in [5, 5.41) is 0.924. The molecule has 1 aromatic heterocycles. The average molecular weight is 274 g/mol. The molecular weight excluding hydrogens is 256 g/mol. The highest BCUT2D eigenvalue weighted by Gasteiger charge is 2.05. The van der Waals surface area contributed by atoms with E-state index < -0.39 is 0 Å². The van der Waals surface area contributed by atoms with E-state index in [-0.39, 0.29) is 0 Å². The minimum absolute atomic E-state index is 0.515. The van der Waals surface area contributed by atoms with Crippen LogP contribution in [0.3, 0.4) is 0 Å². The lowest BCUT2D eigenvalue weighted by Gasteiger charge is -2.09. The Labute approximate surface area is 118 Å². The maximum absolute atomic E-state index is 5.85. The van der Waals surface area contributed by atoms with E-state index >= 15 is 0 Å². The number of rotatable bonds is 5. The lowest BCUT2D eigenvalue weighted by atomic mass is 10.2. The van der Waals surface area contributed by atoms with E-state index in [9.17, 15) is 0 Å². The van der Waals surface area contributed by atoms with Gasteiger partial charge in [-0.25, -0.2) is 9.97 Å². The molecule has 0 aliphatic carbocycles. The minimum Gasteiger partial charge on any atom is -0.384 e. The van der Waals surface area contributed by atoms with E-state index in [1.807, 2.05) is 36.4 Å². The number of hydrogen-bond acceptors (Lipinski definition) is 5. The molecule has 0 amide bonds. The molecule has 0 bridgehead atoms. The summed E-state index contributed by atoms with van der Waals surface area (Å²) in [6, 6.07) is 11.7. The third-order valence-corrected chi connectivity index (χ3v) is 3.43. The highest BCUT2D eigenvalue weighted by Crippen LogP contribution is 2.22. The first-order valence-electron chi connectivity index (χ1n) is 6.12. The predicted octanol–water partition coefficient (Wildman–Crippen LogP) is 2.38. The SMILES string of the molecule is CN(C)CCSc1cc(N)nc(-c2ccccc2)n1. The number of nitrogen functional groups attached to an aromatic ring is 1. The van der Waals surface area contributed by atoms with Crippen LogP contribution >= 0.6 is 11.8 Å². The Hall–Kier alpha value is -1.59. The maximum atomic E-state index is 5.85. The standard InChI is InChI=1S/C14H18N4S/c1-18(2)8-9-19-13-10-12(15)16-14(17-13)11-6-4-3-5-7-11/h3-7,10H,8-9H2,1-2H3,(H2,15,16,17). The topological polar surface area (TPSA) is 55.0 Å². The molecule has 0 radical (unpaired) electrons. The fourth-order valence-electron chi connectivity index (χ4n) is 1.57. The molecule has 4 nitrogen and oxygen atoms in total. The van der Waals surface area contributed by atoms with Gasteiger partial charge in [0.1, 0.15) is 10.8 Å². The zero-order valence-electron chi connectivity index (χ0n) is 11.2. The summed E-state index contributed by atoms with van der Waals surface area (Å²) in [4.78, 5) is 11.0. The summed E-state index contributed by atoms with van der Waals surface area (Å²) in [7, 11) is 4.12. The summed E-state index contributed by atoms with van der Waals surface area (Å²) >= 11 is 1.70. The summed E-state index contributed by atoms with van der Waals surface area (Å²) < 4.78 is 0. The first-order valence-corrected chi connectivity index (χ1v) is 7.11. The lowest BCUT2D eigenvalue weighted by Crippen LogP contribution is -2.14. The van der Waals surface area contributed by atoms with E-state index in [1.165, 1.54) is 0 Å². The number of anilines is 1. The Morgan fingerprint density at radius 3 is 2.58 bits per heavy atom. The minimum atomic E-state index is 0.515. The van der Waals surface area contributed by atoms with Crippen LogP contribution in [0.1, 0.15) is 0 Å². The van der Waals surface area contributed by atoms with Crippen LogP contribution in [-0.4, -0.2) is 41.3 Å². The van der Waals surface area contributed by atoms with Gasteiger partial charge in [-0.15, -0.1) is 11.8 Å². The van der Waals surface area contributed by atoms with Gasteiger partial charge in [0.2, 0.25) is 0 Å². The third kappa shape index (κ3) is 4.22. The van der Waals surface area contributed by atoms with Gasteiger partial charge in [-0.1, -0.05) is 30.3 Å². The van der Waals surface area contributed by atoms with E-state index in [0.29, 0.717) is 11.6 Å². The number of thioether (sulfide) groups is 1. The molecule has 5 heteroatoms. The second-order valence-corrected chi connectivity index (χ2v) is 5.59. The van der Waals surface area contributed by atoms with E-state index in [0.717, 1.165) is 22.9 Å². The Kier molecular flexibility index (Phi) is 4.76. The third-order valence-electron chi connectivity index (χ3n) is 2.54. The molecule has 0 spiro atoms. The molecule has 2 N–H and O–H groups in total. The van der Waals surface area contributed by atoms with Crippen LogP contribution in [0, 0.1) is 0 Å². The van der Waals surface area contributed by atoms with Gasteiger partial charge in [-0.05, 0) is 14.1 Å². The quantitative estimate of drug-likeness (QED) is 0.670. The number of nitrogens with two attached hydrogens (primary N) is 1. The fourth-order valence-corrected chi connectivity index (χ4v) is 2.59. The van der Waals surface area contributed by atoms with Crippen molar-refractivity contribution in [1.29, 1.82) is 0 Å². The molecule has 0 aliphatic heterocycles. The van der Waals surface area contributed by atoms with Gasteiger partial charge in [0, 0.05) is 23.9 Å². The van der Waals surface area contributed by atoms with Gasteiger partial charge in [0.25, 0.3) is 0 Å². The molecule has 2 rings (SSSR count). The molecule has 0 saturated carbocycles. The molecule has 0 fully saturated rings.